The third kappa shape index (κ3) is 2.95. The number of H-pyrrole nitrogens is 1. The Morgan fingerprint density at radius 3 is 2.85 bits per heavy atom. The Morgan fingerprint density at radius 2 is 2.00 bits per heavy atom. The van der Waals surface area contributed by atoms with Crippen LogP contribution >= 0.6 is 0 Å². The van der Waals surface area contributed by atoms with E-state index in [-0.39, 0.29) is 0 Å². The molecule has 3 aromatic rings. The molecular formula is C15H15N3OS. The molecule has 0 saturated carbocycles. The molecule has 5 heteroatoms. The quantitative estimate of drug-likeness (QED) is 0.757. The largest absolute Gasteiger partial charge is 0.346 e. The van der Waals surface area contributed by atoms with Gasteiger partial charge in [0.25, 0.3) is 0 Å². The first-order chi connectivity index (χ1) is 9.83. The van der Waals surface area contributed by atoms with E-state index in [1.54, 1.807) is 6.20 Å². The summed E-state index contributed by atoms with van der Waals surface area (Å²) in [6.45, 7) is 0.561. The van der Waals surface area contributed by atoms with Gasteiger partial charge in [-0.2, -0.15) is 0 Å². The number of benzene rings is 1. The topological polar surface area (TPSA) is 57.8 Å². The van der Waals surface area contributed by atoms with Gasteiger partial charge in [-0.05, 0) is 23.3 Å². The van der Waals surface area contributed by atoms with Gasteiger partial charge >= 0.3 is 0 Å². The molecule has 102 valence electrons. The average molecular weight is 285 g/mol. The third-order valence-electron chi connectivity index (χ3n) is 3.10. The van der Waals surface area contributed by atoms with Crippen LogP contribution in [0.3, 0.4) is 0 Å². The minimum atomic E-state index is -1.08. The second kappa shape index (κ2) is 5.98. The Balaban J connectivity index is 1.63. The maximum absolute atomic E-state index is 12.0. The third-order valence-corrected chi connectivity index (χ3v) is 4.16. The van der Waals surface area contributed by atoms with E-state index in [0.29, 0.717) is 12.3 Å². The lowest BCUT2D eigenvalue weighted by molar-refractivity contribution is 0.671. The molecule has 0 aliphatic rings. The number of aromatic nitrogens is 2. The van der Waals surface area contributed by atoms with Gasteiger partial charge in [0.2, 0.25) is 0 Å². The van der Waals surface area contributed by atoms with Gasteiger partial charge in [-0.25, -0.2) is 13.9 Å². The lowest BCUT2D eigenvalue weighted by Crippen LogP contribution is -2.17. The summed E-state index contributed by atoms with van der Waals surface area (Å²) in [6.07, 6.45) is 3.66. The SMILES string of the molecule is O=S(Cc1ccccc1)NCc1c[nH]c2ncccc12. The van der Waals surface area contributed by atoms with Crippen LogP contribution in [0.2, 0.25) is 0 Å². The summed E-state index contributed by atoms with van der Waals surface area (Å²) in [4.78, 5) is 7.35. The van der Waals surface area contributed by atoms with Crippen LogP contribution in [0, 0.1) is 0 Å². The predicted octanol–water partition coefficient (Wildman–Crippen LogP) is 2.52. The van der Waals surface area contributed by atoms with Crippen molar-refractivity contribution in [3.63, 3.8) is 0 Å². The standard InChI is InChI=1S/C15H15N3OS/c19-20(11-12-5-2-1-3-6-12)18-10-13-9-17-15-14(13)7-4-8-16-15/h1-9,18H,10-11H2,(H,16,17). The normalized spacial score (nSPS) is 12.6. The van der Waals surface area contributed by atoms with Gasteiger partial charge in [-0.3, -0.25) is 0 Å². The van der Waals surface area contributed by atoms with Crippen LogP contribution in [0.1, 0.15) is 11.1 Å². The fraction of sp³-hybridized carbons (Fsp3) is 0.133. The van der Waals surface area contributed by atoms with E-state index < -0.39 is 11.0 Å². The number of fused-ring (bicyclic) bond motifs is 1. The molecule has 4 nitrogen and oxygen atoms in total. The highest BCUT2D eigenvalue weighted by molar-refractivity contribution is 7.82. The molecule has 1 atom stereocenters. The van der Waals surface area contributed by atoms with Crippen LogP contribution in [0.5, 0.6) is 0 Å². The molecule has 1 unspecified atom stereocenters. The molecule has 2 heterocycles. The van der Waals surface area contributed by atoms with E-state index in [1.165, 1.54) is 0 Å². The van der Waals surface area contributed by atoms with E-state index >= 15 is 0 Å². The molecule has 3 rings (SSSR count). The monoisotopic (exact) mass is 285 g/mol. The molecule has 0 aliphatic heterocycles. The molecule has 0 bridgehead atoms. The maximum Gasteiger partial charge on any atom is 0.137 e. The molecule has 0 spiro atoms. The lowest BCUT2D eigenvalue weighted by atomic mass is 10.2. The summed E-state index contributed by atoms with van der Waals surface area (Å²) >= 11 is 0. The maximum atomic E-state index is 12.0. The molecule has 2 aromatic heterocycles. The number of hydrogen-bond donors (Lipinski definition) is 2. The number of aromatic amines is 1. The summed E-state index contributed by atoms with van der Waals surface area (Å²) in [5, 5.41) is 1.07. The zero-order valence-corrected chi connectivity index (χ0v) is 11.7. The summed E-state index contributed by atoms with van der Waals surface area (Å²) in [6, 6.07) is 13.7. The molecular weight excluding hydrogens is 270 g/mol. The van der Waals surface area contributed by atoms with Crippen molar-refractivity contribution in [3.05, 3.63) is 66.0 Å². The fourth-order valence-electron chi connectivity index (χ4n) is 2.09. The van der Waals surface area contributed by atoms with Gasteiger partial charge in [0.05, 0.1) is 16.7 Å². The summed E-state index contributed by atoms with van der Waals surface area (Å²) in [5.41, 5.74) is 3.01. The van der Waals surface area contributed by atoms with Crippen molar-refractivity contribution in [3.8, 4) is 0 Å². The van der Waals surface area contributed by atoms with Gasteiger partial charge in [0.15, 0.2) is 0 Å². The van der Waals surface area contributed by atoms with E-state index in [0.717, 1.165) is 22.2 Å². The second-order valence-electron chi connectivity index (χ2n) is 4.51. The first-order valence-electron chi connectivity index (χ1n) is 6.40. The van der Waals surface area contributed by atoms with Crippen molar-refractivity contribution in [1.29, 1.82) is 0 Å². The van der Waals surface area contributed by atoms with Crippen molar-refractivity contribution in [2.75, 3.05) is 0 Å². The minimum absolute atomic E-state index is 0.515. The molecule has 1 aromatic carbocycles. The Morgan fingerprint density at radius 1 is 1.15 bits per heavy atom. The van der Waals surface area contributed by atoms with E-state index in [1.807, 2.05) is 48.7 Å². The van der Waals surface area contributed by atoms with Gasteiger partial charge in [0.1, 0.15) is 5.65 Å². The van der Waals surface area contributed by atoms with Gasteiger partial charge in [-0.1, -0.05) is 30.3 Å². The van der Waals surface area contributed by atoms with E-state index in [9.17, 15) is 4.21 Å². The summed E-state index contributed by atoms with van der Waals surface area (Å²) < 4.78 is 15.1. The Labute approximate surface area is 119 Å². The minimum Gasteiger partial charge on any atom is -0.346 e. The van der Waals surface area contributed by atoms with Crippen molar-refractivity contribution < 1.29 is 4.21 Å². The number of nitrogens with zero attached hydrogens (tertiary/aromatic N) is 1. The highest BCUT2D eigenvalue weighted by atomic mass is 32.2. The average Bonchev–Trinajstić information content (AvgIpc) is 2.89. The number of nitrogens with one attached hydrogen (secondary N) is 2. The molecule has 0 amide bonds. The molecule has 0 saturated heterocycles. The molecule has 0 radical (unpaired) electrons. The lowest BCUT2D eigenvalue weighted by Gasteiger charge is -2.04. The van der Waals surface area contributed by atoms with Crippen molar-refractivity contribution in [2.45, 2.75) is 12.3 Å². The smallest absolute Gasteiger partial charge is 0.137 e. The van der Waals surface area contributed by atoms with Gasteiger partial charge in [-0.15, -0.1) is 0 Å². The van der Waals surface area contributed by atoms with Crippen molar-refractivity contribution in [2.24, 2.45) is 0 Å². The summed E-state index contributed by atoms with van der Waals surface area (Å²) in [5.74, 6) is 0.515. The zero-order valence-electron chi connectivity index (χ0n) is 10.9. The molecule has 2 N–H and O–H groups in total. The van der Waals surface area contributed by atoms with Crippen LogP contribution < -0.4 is 4.72 Å². The van der Waals surface area contributed by atoms with E-state index in [2.05, 4.69) is 14.7 Å². The first-order valence-corrected chi connectivity index (χ1v) is 7.71. The van der Waals surface area contributed by atoms with Gasteiger partial charge < -0.3 is 4.98 Å². The Hall–Kier alpha value is -1.98. The second-order valence-corrected chi connectivity index (χ2v) is 5.78. The van der Waals surface area contributed by atoms with Crippen molar-refractivity contribution in [1.82, 2.24) is 14.7 Å². The van der Waals surface area contributed by atoms with Crippen LogP contribution in [0.25, 0.3) is 11.0 Å². The predicted molar refractivity (Wildman–Crippen MR) is 81.2 cm³/mol. The highest BCUT2D eigenvalue weighted by Crippen LogP contribution is 2.15. The van der Waals surface area contributed by atoms with Crippen LogP contribution in [-0.4, -0.2) is 14.2 Å². The van der Waals surface area contributed by atoms with E-state index in [4.69, 9.17) is 0 Å². The first kappa shape index (κ1) is 13.0. The Bertz CT molecular complexity index is 724. The molecule has 0 aliphatic carbocycles. The zero-order chi connectivity index (χ0) is 13.8. The fourth-order valence-corrected chi connectivity index (χ4v) is 3.01. The summed E-state index contributed by atoms with van der Waals surface area (Å²) in [7, 11) is -1.08. The highest BCUT2D eigenvalue weighted by Gasteiger charge is 2.06. The van der Waals surface area contributed by atoms with Crippen LogP contribution in [0.15, 0.2) is 54.9 Å². The number of hydrogen-bond acceptors (Lipinski definition) is 2. The number of pyridine rings is 1. The molecule has 0 fully saturated rings. The van der Waals surface area contributed by atoms with Crippen molar-refractivity contribution >= 4 is 22.0 Å². The van der Waals surface area contributed by atoms with Crippen LogP contribution in [0.4, 0.5) is 0 Å². The number of rotatable bonds is 5. The van der Waals surface area contributed by atoms with Gasteiger partial charge in [0, 0.05) is 24.3 Å². The Kier molecular flexibility index (Phi) is 3.90. The van der Waals surface area contributed by atoms with Crippen LogP contribution in [-0.2, 0) is 23.3 Å². The molecule has 20 heavy (non-hydrogen) atoms.